The van der Waals surface area contributed by atoms with Gasteiger partial charge in [0.15, 0.2) is 0 Å². The van der Waals surface area contributed by atoms with Crippen molar-refractivity contribution in [2.24, 2.45) is 5.92 Å². The van der Waals surface area contributed by atoms with Crippen molar-refractivity contribution in [3.05, 3.63) is 77.9 Å². The second kappa shape index (κ2) is 7.72. The normalized spacial score (nSPS) is 27.8. The molecule has 3 aromatic rings. The number of aromatic hydroxyl groups is 1. The molecule has 2 saturated heterocycles. The van der Waals surface area contributed by atoms with Crippen LogP contribution in [-0.4, -0.2) is 47.1 Å². The monoisotopic (exact) mass is 400 g/mol. The van der Waals surface area contributed by atoms with Gasteiger partial charge in [0.25, 0.3) is 0 Å². The van der Waals surface area contributed by atoms with Crippen molar-refractivity contribution in [2.45, 2.75) is 38.3 Å². The SMILES string of the molecule is C[C@H]1CN2CCN(Cc3cccc4ccccc34)C[C@H]2C[C@@]1(C)c1cccc(O)c1. The van der Waals surface area contributed by atoms with E-state index in [1.165, 1.54) is 21.9 Å². The zero-order chi connectivity index (χ0) is 20.7. The van der Waals surface area contributed by atoms with E-state index >= 15 is 0 Å². The zero-order valence-electron chi connectivity index (χ0n) is 18.1. The van der Waals surface area contributed by atoms with Gasteiger partial charge >= 0.3 is 0 Å². The number of phenolic OH excluding ortho intramolecular Hbond substituents is 1. The second-order valence-electron chi connectivity index (χ2n) is 9.60. The lowest BCUT2D eigenvalue weighted by atomic mass is 9.65. The lowest BCUT2D eigenvalue weighted by Crippen LogP contribution is -2.60. The topological polar surface area (TPSA) is 26.7 Å². The van der Waals surface area contributed by atoms with Crippen LogP contribution in [0.3, 0.4) is 0 Å². The number of nitrogens with zero attached hydrogens (tertiary/aromatic N) is 2. The van der Waals surface area contributed by atoms with Crippen LogP contribution in [0.4, 0.5) is 0 Å². The van der Waals surface area contributed by atoms with Gasteiger partial charge in [-0.05, 0) is 51.8 Å². The Kier molecular flexibility index (Phi) is 5.04. The van der Waals surface area contributed by atoms with Crippen molar-refractivity contribution in [1.29, 1.82) is 0 Å². The molecule has 0 aliphatic carbocycles. The molecule has 3 nitrogen and oxygen atoms in total. The molecular formula is C27H32N2O. The summed E-state index contributed by atoms with van der Waals surface area (Å²) in [5.74, 6) is 0.949. The van der Waals surface area contributed by atoms with E-state index in [1.807, 2.05) is 12.1 Å². The molecule has 0 bridgehead atoms. The molecule has 2 aliphatic rings. The molecule has 5 rings (SSSR count). The number of rotatable bonds is 3. The number of piperidine rings is 1. The van der Waals surface area contributed by atoms with Crippen LogP contribution in [0.25, 0.3) is 10.8 Å². The van der Waals surface area contributed by atoms with E-state index in [-0.39, 0.29) is 5.41 Å². The van der Waals surface area contributed by atoms with Gasteiger partial charge < -0.3 is 5.11 Å². The van der Waals surface area contributed by atoms with E-state index in [1.54, 1.807) is 6.07 Å². The van der Waals surface area contributed by atoms with E-state index in [4.69, 9.17) is 0 Å². The first kappa shape index (κ1) is 19.6. The Bertz CT molecular complexity index is 1040. The van der Waals surface area contributed by atoms with Gasteiger partial charge in [0.2, 0.25) is 0 Å². The van der Waals surface area contributed by atoms with Gasteiger partial charge in [-0.1, -0.05) is 68.4 Å². The van der Waals surface area contributed by atoms with Gasteiger partial charge in [-0.3, -0.25) is 9.80 Å². The smallest absolute Gasteiger partial charge is 0.115 e. The van der Waals surface area contributed by atoms with Crippen LogP contribution < -0.4 is 0 Å². The van der Waals surface area contributed by atoms with Gasteiger partial charge in [0.05, 0.1) is 0 Å². The molecule has 30 heavy (non-hydrogen) atoms. The first-order valence-corrected chi connectivity index (χ1v) is 11.3. The predicted molar refractivity (Wildman–Crippen MR) is 124 cm³/mol. The summed E-state index contributed by atoms with van der Waals surface area (Å²) in [6, 6.07) is 23.9. The molecule has 156 valence electrons. The Morgan fingerprint density at radius 1 is 0.967 bits per heavy atom. The number of piperazine rings is 1. The van der Waals surface area contributed by atoms with Crippen molar-refractivity contribution in [1.82, 2.24) is 9.80 Å². The molecule has 2 fully saturated rings. The largest absolute Gasteiger partial charge is 0.508 e. The lowest BCUT2D eigenvalue weighted by molar-refractivity contribution is -0.00546. The van der Waals surface area contributed by atoms with Crippen molar-refractivity contribution >= 4 is 10.8 Å². The molecule has 3 heteroatoms. The summed E-state index contributed by atoms with van der Waals surface area (Å²) in [5.41, 5.74) is 2.81. The van der Waals surface area contributed by atoms with Gasteiger partial charge in [-0.15, -0.1) is 0 Å². The molecule has 2 aliphatic heterocycles. The van der Waals surface area contributed by atoms with Gasteiger partial charge in [0, 0.05) is 38.8 Å². The van der Waals surface area contributed by atoms with Crippen LogP contribution in [0, 0.1) is 5.92 Å². The van der Waals surface area contributed by atoms with Crippen LogP contribution in [0.15, 0.2) is 66.7 Å². The van der Waals surface area contributed by atoms with Crippen LogP contribution in [0.5, 0.6) is 5.75 Å². The Balaban J connectivity index is 1.36. The van der Waals surface area contributed by atoms with Crippen LogP contribution in [0.1, 0.15) is 31.4 Å². The molecule has 0 spiro atoms. The average Bonchev–Trinajstić information content (AvgIpc) is 2.75. The van der Waals surface area contributed by atoms with E-state index in [2.05, 4.69) is 72.2 Å². The van der Waals surface area contributed by atoms with E-state index in [9.17, 15) is 5.11 Å². The lowest BCUT2D eigenvalue weighted by Gasteiger charge is -2.53. The minimum atomic E-state index is 0.0996. The second-order valence-corrected chi connectivity index (χ2v) is 9.60. The predicted octanol–water partition coefficient (Wildman–Crippen LogP) is 5.03. The minimum absolute atomic E-state index is 0.0996. The minimum Gasteiger partial charge on any atom is -0.508 e. The maximum Gasteiger partial charge on any atom is 0.115 e. The third kappa shape index (κ3) is 3.51. The summed E-state index contributed by atoms with van der Waals surface area (Å²) in [4.78, 5) is 5.34. The highest BCUT2D eigenvalue weighted by Gasteiger charge is 2.44. The highest BCUT2D eigenvalue weighted by molar-refractivity contribution is 5.85. The summed E-state index contributed by atoms with van der Waals surface area (Å²) in [5, 5.41) is 12.8. The summed E-state index contributed by atoms with van der Waals surface area (Å²) >= 11 is 0. The number of phenols is 1. The highest BCUT2D eigenvalue weighted by atomic mass is 16.3. The molecule has 3 aromatic carbocycles. The van der Waals surface area contributed by atoms with Crippen molar-refractivity contribution in [2.75, 3.05) is 26.2 Å². The average molecular weight is 401 g/mol. The summed E-state index contributed by atoms with van der Waals surface area (Å²) in [6.45, 7) is 10.3. The van der Waals surface area contributed by atoms with E-state index in [0.29, 0.717) is 17.7 Å². The van der Waals surface area contributed by atoms with Gasteiger partial charge in [0.1, 0.15) is 5.75 Å². The van der Waals surface area contributed by atoms with Crippen molar-refractivity contribution in [3.8, 4) is 5.75 Å². The Morgan fingerprint density at radius 2 is 1.77 bits per heavy atom. The van der Waals surface area contributed by atoms with Crippen LogP contribution >= 0.6 is 0 Å². The number of hydrogen-bond acceptors (Lipinski definition) is 3. The Hall–Kier alpha value is -2.36. The molecule has 1 N–H and O–H groups in total. The van der Waals surface area contributed by atoms with Crippen LogP contribution in [0.2, 0.25) is 0 Å². The van der Waals surface area contributed by atoms with Gasteiger partial charge in [-0.25, -0.2) is 0 Å². The molecule has 0 unspecified atom stereocenters. The highest BCUT2D eigenvalue weighted by Crippen LogP contribution is 2.43. The number of hydrogen-bond donors (Lipinski definition) is 1. The molecule has 0 amide bonds. The third-order valence-corrected chi connectivity index (χ3v) is 7.72. The fraction of sp³-hybridized carbons (Fsp3) is 0.407. The third-order valence-electron chi connectivity index (χ3n) is 7.72. The fourth-order valence-corrected chi connectivity index (χ4v) is 5.71. The summed E-state index contributed by atoms with van der Waals surface area (Å²) in [7, 11) is 0. The molecule has 3 atom stereocenters. The quantitative estimate of drug-likeness (QED) is 0.668. The van der Waals surface area contributed by atoms with Gasteiger partial charge in [-0.2, -0.15) is 0 Å². The van der Waals surface area contributed by atoms with E-state index in [0.717, 1.165) is 39.1 Å². The first-order valence-electron chi connectivity index (χ1n) is 11.3. The Morgan fingerprint density at radius 3 is 2.63 bits per heavy atom. The number of fused-ring (bicyclic) bond motifs is 2. The maximum absolute atomic E-state index is 10.1. The molecular weight excluding hydrogens is 368 g/mol. The molecule has 0 radical (unpaired) electrons. The first-order chi connectivity index (χ1) is 14.5. The van der Waals surface area contributed by atoms with Crippen LogP contribution in [-0.2, 0) is 12.0 Å². The standard InChI is InChI=1S/C27H32N2O/c1-20-17-29-14-13-28(18-22-9-5-8-21-7-3-4-12-26(21)22)19-24(29)16-27(20,2)23-10-6-11-25(30)15-23/h3-12,15,20,24,30H,13-14,16-19H2,1-2H3/t20-,24+,27+/m0/s1. The van der Waals surface area contributed by atoms with Crippen molar-refractivity contribution in [3.63, 3.8) is 0 Å². The maximum atomic E-state index is 10.1. The Labute approximate surface area is 179 Å². The molecule has 2 heterocycles. The van der Waals surface area contributed by atoms with E-state index < -0.39 is 0 Å². The van der Waals surface area contributed by atoms with Crippen molar-refractivity contribution < 1.29 is 5.11 Å². The molecule has 0 aromatic heterocycles. The zero-order valence-corrected chi connectivity index (χ0v) is 18.1. The number of benzene rings is 3. The summed E-state index contributed by atoms with van der Waals surface area (Å²) < 4.78 is 0. The summed E-state index contributed by atoms with van der Waals surface area (Å²) in [6.07, 6.45) is 1.14. The molecule has 0 saturated carbocycles. The fourth-order valence-electron chi connectivity index (χ4n) is 5.71.